The minimum absolute atomic E-state index is 0.278. The highest BCUT2D eigenvalue weighted by Crippen LogP contribution is 2.62. The number of nitrogens with zero attached hydrogens (tertiary/aromatic N) is 1. The van der Waals surface area contributed by atoms with Crippen molar-refractivity contribution >= 4 is 5.78 Å². The van der Waals surface area contributed by atoms with E-state index in [4.69, 9.17) is 0 Å². The molecule has 1 atom stereocenters. The third-order valence-corrected chi connectivity index (χ3v) is 3.55. The number of carbonyl (C=O) groups excluding carboxylic acids is 1. The molecule has 1 rings (SSSR count). The lowest BCUT2D eigenvalue weighted by molar-refractivity contribution is -0.600. The van der Waals surface area contributed by atoms with Gasteiger partial charge in [-0.05, 0) is 0 Å². The number of alkyl halides is 17. The van der Waals surface area contributed by atoms with Crippen LogP contribution in [0.2, 0.25) is 0 Å². The molecule has 4 nitrogen and oxygen atoms in total. The summed E-state index contributed by atoms with van der Waals surface area (Å²) in [5, 5.41) is 0. The van der Waals surface area contributed by atoms with Gasteiger partial charge in [0.05, 0.1) is 0 Å². The molecule has 1 aliphatic rings. The molecule has 32 heavy (non-hydrogen) atoms. The van der Waals surface area contributed by atoms with Gasteiger partial charge in [-0.15, -0.1) is 0 Å². The summed E-state index contributed by atoms with van der Waals surface area (Å²) in [6, 6.07) is -23.5. The van der Waals surface area contributed by atoms with Crippen LogP contribution in [0.1, 0.15) is 6.92 Å². The van der Waals surface area contributed by atoms with Crippen molar-refractivity contribution in [2.75, 3.05) is 0 Å². The Hall–Kier alpha value is -1.64. The van der Waals surface area contributed by atoms with Crippen molar-refractivity contribution in [1.82, 2.24) is 4.90 Å². The predicted molar refractivity (Wildman–Crippen MR) is 59.2 cm³/mol. The van der Waals surface area contributed by atoms with Crippen LogP contribution in [-0.4, -0.2) is 65.4 Å². The van der Waals surface area contributed by atoms with Gasteiger partial charge < -0.3 is 0 Å². The van der Waals surface area contributed by atoms with Gasteiger partial charge in [-0.25, -0.2) is 9.13 Å². The van der Waals surface area contributed by atoms with Crippen LogP contribution in [0, 0.1) is 0 Å². The van der Waals surface area contributed by atoms with Gasteiger partial charge in [0.2, 0.25) is 5.78 Å². The summed E-state index contributed by atoms with van der Waals surface area (Å²) in [7, 11) is 0. The van der Waals surface area contributed by atoms with Crippen molar-refractivity contribution in [2.24, 2.45) is 0 Å². The Kier molecular flexibility index (Phi) is 6.37. The third kappa shape index (κ3) is 3.74. The van der Waals surface area contributed by atoms with Crippen molar-refractivity contribution in [3.05, 3.63) is 0 Å². The molecule has 0 N–H and O–H groups in total. The second-order valence-corrected chi connectivity index (χ2v) is 5.80. The Labute approximate surface area is 162 Å². The maximum Gasteiger partial charge on any atom is 0.439 e. The summed E-state index contributed by atoms with van der Waals surface area (Å²) in [6.45, 7) is -0.278. The van der Waals surface area contributed by atoms with Crippen LogP contribution >= 0.6 is 0 Å². The summed E-state index contributed by atoms with van der Waals surface area (Å²) >= 11 is 0. The number of Topliss-reactive ketones (excluding diaryl/α,β-unsaturated/α-hetero) is 1. The summed E-state index contributed by atoms with van der Waals surface area (Å²) < 4.78 is 229. The van der Waals surface area contributed by atoms with E-state index >= 15 is 0 Å². The maximum absolute atomic E-state index is 13.7. The van der Waals surface area contributed by atoms with Gasteiger partial charge in [-0.1, -0.05) is 4.90 Å². The van der Waals surface area contributed by atoms with E-state index in [1.807, 2.05) is 4.74 Å². The van der Waals surface area contributed by atoms with E-state index in [0.717, 1.165) is 0 Å². The second-order valence-electron chi connectivity index (χ2n) is 5.80. The van der Waals surface area contributed by atoms with E-state index in [1.165, 1.54) is 0 Å². The van der Waals surface area contributed by atoms with Gasteiger partial charge in [0.1, 0.15) is 0 Å². The minimum Gasteiger partial charge on any atom is -0.293 e. The van der Waals surface area contributed by atoms with Gasteiger partial charge in [0.15, 0.2) is 0 Å². The molecule has 1 heterocycles. The van der Waals surface area contributed by atoms with Crippen molar-refractivity contribution in [3.8, 4) is 0 Å². The third-order valence-electron chi connectivity index (χ3n) is 3.55. The average Bonchev–Trinajstić information content (AvgIpc) is 2.50. The van der Waals surface area contributed by atoms with E-state index in [-0.39, 0.29) is 6.92 Å². The van der Waals surface area contributed by atoms with Crippen molar-refractivity contribution in [2.45, 2.75) is 61.6 Å². The Morgan fingerprint density at radius 1 is 0.812 bits per heavy atom. The van der Waals surface area contributed by atoms with Crippen LogP contribution in [0.25, 0.3) is 0 Å². The Balaban J connectivity index is 3.64. The topological polar surface area (TPSA) is 38.8 Å². The molecule has 0 aromatic carbocycles. The van der Waals surface area contributed by atoms with E-state index in [9.17, 15) is 79.4 Å². The fourth-order valence-electron chi connectivity index (χ4n) is 1.83. The van der Waals surface area contributed by atoms with Crippen molar-refractivity contribution in [3.63, 3.8) is 0 Å². The largest absolute Gasteiger partial charge is 0.439 e. The number of carbonyl (C=O) groups is 1. The van der Waals surface area contributed by atoms with Crippen molar-refractivity contribution < 1.29 is 88.9 Å². The molecular formula is C11H4F17NO3. The summed E-state index contributed by atoms with van der Waals surface area (Å²) in [5.41, 5.74) is 0. The molecule has 21 heteroatoms. The Morgan fingerprint density at radius 2 is 1.16 bits per heavy atom. The highest BCUT2D eigenvalue weighted by atomic mass is 19.4. The van der Waals surface area contributed by atoms with Gasteiger partial charge in [0, 0.05) is 6.92 Å². The fourth-order valence-corrected chi connectivity index (χ4v) is 1.83. The first kappa shape index (κ1) is 28.4. The van der Waals surface area contributed by atoms with E-state index < -0.39 is 65.4 Å². The van der Waals surface area contributed by atoms with E-state index in [0.29, 0.717) is 0 Å². The number of hydrogen-bond acceptors (Lipinski definition) is 4. The summed E-state index contributed by atoms with van der Waals surface area (Å²) in [4.78, 5) is 6.01. The van der Waals surface area contributed by atoms with Crippen LogP contribution in [-0.2, 0) is 14.3 Å². The highest BCUT2D eigenvalue weighted by Gasteiger charge is 2.92. The fraction of sp³-hybridized carbons (Fsp3) is 0.909. The van der Waals surface area contributed by atoms with Crippen LogP contribution in [0.5, 0.6) is 0 Å². The van der Waals surface area contributed by atoms with Gasteiger partial charge in [-0.3, -0.25) is 9.53 Å². The first-order chi connectivity index (χ1) is 13.6. The number of rotatable bonds is 7. The number of ketones is 1. The smallest absolute Gasteiger partial charge is 0.293 e. The lowest BCUT2D eigenvalue weighted by Gasteiger charge is -2.50. The summed E-state index contributed by atoms with van der Waals surface area (Å²) in [6.07, 6.45) is -27.2. The van der Waals surface area contributed by atoms with Crippen LogP contribution in [0.3, 0.4) is 0 Å². The normalized spacial score (nSPS) is 24.8. The standard InChI is InChI=1S/C11H4F17NO3/c1-2(30)4(13,14)3(12)31-9(23,24)5(15,16)6(17,18)29-7(19,20)10(25,26)32-11(27,28)8(29,21)22/h3H,1H3. The number of halogens is 17. The van der Waals surface area contributed by atoms with Gasteiger partial charge >= 0.3 is 48.3 Å². The molecule has 1 unspecified atom stereocenters. The quantitative estimate of drug-likeness (QED) is 0.348. The molecular weight excluding hydrogens is 517 g/mol. The zero-order valence-corrected chi connectivity index (χ0v) is 14.2. The number of morpholine rings is 1. The maximum atomic E-state index is 13.7. The molecule has 1 saturated heterocycles. The lowest BCUT2D eigenvalue weighted by atomic mass is 10.1. The average molecular weight is 521 g/mol. The minimum atomic E-state index is -8.23. The number of ether oxygens (including phenoxy) is 2. The Bertz CT molecular complexity index is 724. The second kappa shape index (κ2) is 7.18. The van der Waals surface area contributed by atoms with Crippen LogP contribution in [0.15, 0.2) is 0 Å². The molecule has 0 aromatic heterocycles. The van der Waals surface area contributed by atoms with Crippen LogP contribution in [0.4, 0.5) is 74.6 Å². The summed E-state index contributed by atoms with van der Waals surface area (Å²) in [5.74, 6) is -16.7. The number of hydrogen-bond donors (Lipinski definition) is 0. The molecule has 0 aromatic rings. The molecule has 0 spiro atoms. The van der Waals surface area contributed by atoms with Crippen molar-refractivity contribution in [1.29, 1.82) is 0 Å². The first-order valence-electron chi connectivity index (χ1n) is 7.00. The Morgan fingerprint density at radius 3 is 1.47 bits per heavy atom. The molecule has 0 saturated carbocycles. The highest BCUT2D eigenvalue weighted by molar-refractivity contribution is 5.83. The van der Waals surface area contributed by atoms with E-state index in [1.54, 1.807) is 4.74 Å². The lowest BCUT2D eigenvalue weighted by Crippen LogP contribution is -2.81. The predicted octanol–water partition coefficient (Wildman–Crippen LogP) is 5.05. The zero-order valence-electron chi connectivity index (χ0n) is 14.2. The first-order valence-corrected chi connectivity index (χ1v) is 7.00. The zero-order chi connectivity index (χ0) is 26.1. The molecule has 0 bridgehead atoms. The van der Waals surface area contributed by atoms with E-state index in [2.05, 4.69) is 0 Å². The molecule has 1 aliphatic heterocycles. The van der Waals surface area contributed by atoms with Gasteiger partial charge in [0.25, 0.3) is 6.36 Å². The van der Waals surface area contributed by atoms with Crippen LogP contribution < -0.4 is 0 Å². The molecule has 190 valence electrons. The van der Waals surface area contributed by atoms with Gasteiger partial charge in [-0.2, -0.15) is 70.2 Å². The molecule has 0 radical (unpaired) electrons. The SMILES string of the molecule is CC(=O)C(F)(F)C(F)OC(F)(F)C(F)(F)C(F)(F)N1C(F)(F)C(F)(F)OC(F)(F)C1(F)F. The monoisotopic (exact) mass is 521 g/mol. The molecule has 0 aliphatic carbocycles. The molecule has 1 fully saturated rings. The molecule has 0 amide bonds.